The van der Waals surface area contributed by atoms with Gasteiger partial charge in [0.1, 0.15) is 0 Å². The zero-order valence-corrected chi connectivity index (χ0v) is 24.9. The molecule has 7 aromatic carbocycles. The summed E-state index contributed by atoms with van der Waals surface area (Å²) in [5.41, 5.74) is 12.8. The Bertz CT molecular complexity index is 2320. The number of aromatic nitrogens is 1. The molecule has 0 fully saturated rings. The van der Waals surface area contributed by atoms with Gasteiger partial charge in [-0.05, 0) is 105 Å². The van der Waals surface area contributed by atoms with E-state index in [1.807, 2.05) is 0 Å². The topological polar surface area (TPSA) is 4.93 Å². The highest BCUT2D eigenvalue weighted by Gasteiger charge is 2.18. The minimum Gasteiger partial charge on any atom is -0.341 e. The predicted octanol–water partition coefficient (Wildman–Crippen LogP) is 11.7. The maximum atomic E-state index is 2.41. The van der Waals surface area contributed by atoms with Gasteiger partial charge in [-0.3, -0.25) is 0 Å². The number of benzene rings is 7. The molecule has 0 amide bonds. The summed E-state index contributed by atoms with van der Waals surface area (Å²) in [4.78, 5) is 0. The Morgan fingerprint density at radius 1 is 0.395 bits per heavy atom. The second kappa shape index (κ2) is 10.00. The summed E-state index contributed by atoms with van der Waals surface area (Å²) < 4.78 is 2.41. The van der Waals surface area contributed by atoms with Crippen molar-refractivity contribution >= 4 is 43.4 Å². The Kier molecular flexibility index (Phi) is 5.94. The van der Waals surface area contributed by atoms with Crippen molar-refractivity contribution in [3.8, 4) is 33.4 Å². The molecule has 0 bridgehead atoms. The van der Waals surface area contributed by atoms with Crippen LogP contribution in [0.3, 0.4) is 0 Å². The fourth-order valence-electron chi connectivity index (χ4n) is 7.07. The third-order valence-electron chi connectivity index (χ3n) is 9.30. The number of fused-ring (bicyclic) bond motifs is 5. The minimum atomic E-state index is 0.960. The van der Waals surface area contributed by atoms with E-state index in [1.165, 1.54) is 87.9 Å². The van der Waals surface area contributed by atoms with E-state index in [9.17, 15) is 0 Å². The highest BCUT2D eigenvalue weighted by atomic mass is 15.0. The summed E-state index contributed by atoms with van der Waals surface area (Å²) in [7, 11) is 0. The molecule has 1 aromatic heterocycles. The average Bonchev–Trinajstić information content (AvgIpc) is 3.38. The van der Waals surface area contributed by atoms with Gasteiger partial charge in [-0.25, -0.2) is 0 Å². The van der Waals surface area contributed by atoms with Crippen molar-refractivity contribution in [3.05, 3.63) is 145 Å². The summed E-state index contributed by atoms with van der Waals surface area (Å²) in [6, 6.07) is 49.4. The lowest BCUT2D eigenvalue weighted by Gasteiger charge is -2.19. The molecule has 1 nitrogen and oxygen atoms in total. The van der Waals surface area contributed by atoms with Crippen LogP contribution in [-0.4, -0.2) is 4.57 Å². The number of hydrogen-bond acceptors (Lipinski definition) is 0. The fraction of sp³-hybridized carbons (Fsp3) is 0.0952. The van der Waals surface area contributed by atoms with Crippen LogP contribution in [0.5, 0.6) is 0 Å². The van der Waals surface area contributed by atoms with E-state index >= 15 is 0 Å². The maximum absolute atomic E-state index is 2.41. The molecule has 0 saturated heterocycles. The molecule has 0 aliphatic heterocycles. The molecule has 206 valence electrons. The molecule has 0 saturated carbocycles. The van der Waals surface area contributed by atoms with Crippen molar-refractivity contribution in [1.29, 1.82) is 0 Å². The Morgan fingerprint density at radius 2 is 0.884 bits per heavy atom. The van der Waals surface area contributed by atoms with E-state index in [1.54, 1.807) is 0 Å². The van der Waals surface area contributed by atoms with Gasteiger partial charge >= 0.3 is 0 Å². The van der Waals surface area contributed by atoms with Gasteiger partial charge in [-0.2, -0.15) is 0 Å². The van der Waals surface area contributed by atoms with Crippen LogP contribution in [0.1, 0.15) is 18.1 Å². The molecular weight excluding hydrogens is 518 g/mol. The van der Waals surface area contributed by atoms with E-state index in [0.29, 0.717) is 0 Å². The smallest absolute Gasteiger partial charge is 0.0491 e. The molecule has 0 spiro atoms. The molecule has 0 N–H and O–H groups in total. The molecule has 8 rings (SSSR count). The van der Waals surface area contributed by atoms with Crippen LogP contribution in [-0.2, 0) is 6.54 Å². The normalized spacial score (nSPS) is 11.7. The first-order valence-electron chi connectivity index (χ1n) is 15.3. The lowest BCUT2D eigenvalue weighted by molar-refractivity contribution is 0.827. The van der Waals surface area contributed by atoms with Gasteiger partial charge in [0.2, 0.25) is 0 Å². The molecule has 0 radical (unpaired) electrons. The van der Waals surface area contributed by atoms with Crippen molar-refractivity contribution in [1.82, 2.24) is 4.57 Å². The SMILES string of the molecule is CCn1c2ccccc2c2cc(-c3ccc(-c4c5ccccc5c(-c5ccccc5)c5cc(C)c(C)cc45)cc3)ccc21. The number of rotatable bonds is 4. The number of aryl methyl sites for hydroxylation is 3. The van der Waals surface area contributed by atoms with Crippen LogP contribution in [0, 0.1) is 13.8 Å². The molecule has 0 aliphatic rings. The lowest BCUT2D eigenvalue weighted by Crippen LogP contribution is -1.93. The molecular formula is C42H33N. The Hall–Kier alpha value is -5.14. The van der Waals surface area contributed by atoms with Crippen LogP contribution < -0.4 is 0 Å². The van der Waals surface area contributed by atoms with Crippen LogP contribution in [0.25, 0.3) is 76.7 Å². The maximum Gasteiger partial charge on any atom is 0.0491 e. The van der Waals surface area contributed by atoms with Crippen molar-refractivity contribution < 1.29 is 0 Å². The van der Waals surface area contributed by atoms with Gasteiger partial charge in [0.25, 0.3) is 0 Å². The van der Waals surface area contributed by atoms with E-state index in [0.717, 1.165) is 6.54 Å². The summed E-state index contributed by atoms with van der Waals surface area (Å²) in [5.74, 6) is 0. The van der Waals surface area contributed by atoms with Crippen molar-refractivity contribution in [3.63, 3.8) is 0 Å². The first-order chi connectivity index (χ1) is 21.1. The van der Waals surface area contributed by atoms with Gasteiger partial charge in [-0.1, -0.05) is 115 Å². The van der Waals surface area contributed by atoms with Gasteiger partial charge in [0, 0.05) is 28.4 Å². The van der Waals surface area contributed by atoms with E-state index < -0.39 is 0 Å². The van der Waals surface area contributed by atoms with Crippen molar-refractivity contribution in [2.24, 2.45) is 0 Å². The lowest BCUT2D eigenvalue weighted by atomic mass is 9.84. The van der Waals surface area contributed by atoms with Gasteiger partial charge in [0.05, 0.1) is 0 Å². The summed E-state index contributed by atoms with van der Waals surface area (Å²) in [6.45, 7) is 7.63. The number of para-hydroxylation sites is 1. The van der Waals surface area contributed by atoms with Gasteiger partial charge in [0.15, 0.2) is 0 Å². The molecule has 1 heteroatoms. The third kappa shape index (κ3) is 4.00. The van der Waals surface area contributed by atoms with Gasteiger partial charge < -0.3 is 4.57 Å². The van der Waals surface area contributed by atoms with E-state index in [-0.39, 0.29) is 0 Å². The van der Waals surface area contributed by atoms with E-state index in [2.05, 4.69) is 159 Å². The Labute approximate surface area is 252 Å². The zero-order valence-electron chi connectivity index (χ0n) is 24.9. The summed E-state index contributed by atoms with van der Waals surface area (Å²) in [6.07, 6.45) is 0. The monoisotopic (exact) mass is 551 g/mol. The Balaban J connectivity index is 1.33. The fourth-order valence-corrected chi connectivity index (χ4v) is 7.07. The van der Waals surface area contributed by atoms with Crippen molar-refractivity contribution in [2.45, 2.75) is 27.3 Å². The predicted molar refractivity (Wildman–Crippen MR) is 186 cm³/mol. The standard InChI is InChI=1S/C42H33N/c1-4-43-39-17-11-10-14-33(39)36-26-32(22-23-40(36)43)29-18-20-31(21-19-29)42-35-16-9-8-15-34(35)41(30-12-6-5-7-13-30)37-24-27(2)28(3)25-38(37)42/h5-26H,4H2,1-3H3. The molecule has 8 aromatic rings. The number of hydrogen-bond donors (Lipinski definition) is 0. The minimum absolute atomic E-state index is 0.960. The molecule has 1 heterocycles. The van der Waals surface area contributed by atoms with Crippen LogP contribution in [0.15, 0.2) is 133 Å². The second-order valence-electron chi connectivity index (χ2n) is 11.7. The largest absolute Gasteiger partial charge is 0.341 e. The summed E-state index contributed by atoms with van der Waals surface area (Å²) in [5, 5.41) is 7.84. The van der Waals surface area contributed by atoms with Crippen LogP contribution >= 0.6 is 0 Å². The van der Waals surface area contributed by atoms with Crippen LogP contribution in [0.2, 0.25) is 0 Å². The number of nitrogens with zero attached hydrogens (tertiary/aromatic N) is 1. The van der Waals surface area contributed by atoms with E-state index in [4.69, 9.17) is 0 Å². The van der Waals surface area contributed by atoms with Crippen molar-refractivity contribution in [2.75, 3.05) is 0 Å². The average molecular weight is 552 g/mol. The highest BCUT2D eigenvalue weighted by Crippen LogP contribution is 2.44. The van der Waals surface area contributed by atoms with Gasteiger partial charge in [-0.15, -0.1) is 0 Å². The molecule has 0 unspecified atom stereocenters. The quantitative estimate of drug-likeness (QED) is 0.192. The highest BCUT2D eigenvalue weighted by molar-refractivity contribution is 6.21. The molecule has 0 atom stereocenters. The zero-order chi connectivity index (χ0) is 29.1. The second-order valence-corrected chi connectivity index (χ2v) is 11.7. The molecule has 43 heavy (non-hydrogen) atoms. The third-order valence-corrected chi connectivity index (χ3v) is 9.30. The summed E-state index contributed by atoms with van der Waals surface area (Å²) >= 11 is 0. The Morgan fingerprint density at radius 3 is 1.51 bits per heavy atom. The first-order valence-corrected chi connectivity index (χ1v) is 15.3. The first kappa shape index (κ1) is 25.6. The van der Waals surface area contributed by atoms with Crippen LogP contribution in [0.4, 0.5) is 0 Å². The molecule has 0 aliphatic carbocycles.